The number of hydrogen-bond acceptors (Lipinski definition) is 15. The minimum absolute atomic E-state index is 0.0327. The van der Waals surface area contributed by atoms with E-state index in [2.05, 4.69) is 161 Å². The van der Waals surface area contributed by atoms with Gasteiger partial charge in [-0.1, -0.05) is 283 Å². The monoisotopic (exact) mass is 1530 g/mol. The van der Waals surface area contributed by atoms with Crippen LogP contribution in [0.4, 0.5) is 0 Å². The number of rotatable bonds is 76. The number of carbonyl (C=O) groups is 4. The molecule has 106 heavy (non-hydrogen) atoms. The number of phosphoric ester groups is 2. The van der Waals surface area contributed by atoms with Gasteiger partial charge >= 0.3 is 39.5 Å². The maximum Gasteiger partial charge on any atom is 0.472 e. The molecule has 0 aromatic rings. The molecule has 0 rings (SSSR count). The smallest absolute Gasteiger partial charge is 0.462 e. The standard InChI is InChI=1S/C87H146O17P2/c1-5-9-13-17-21-25-29-33-36-38-40-42-45-49-52-56-60-64-68-72-85(90)98-77-82(103-86(91)73-69-65-61-57-53-47-32-28-24-20-16-12-8-4)79-101-105(93,94)99-75-81(88)76-100-106(95,96)102-80-83(78-97-84(89)71-67-63-59-55-51-48-44-35-31-27-23-19-15-11-7-3)104-87(92)74-70-66-62-58-54-50-46-43-41-39-37-34-30-26-22-18-14-10-6-2/h10,14,21-22,25-26,28,32-37,40-44,49-50,52,54,60,64,81-83,88H,5-9,11-13,15-20,23-24,27,29-31,38-39,45-48,51,53,55-59,61-63,65-80H2,1-4H3,(H,93,94)(H,95,96)/b14-10-,25-21-,26-22-,32-28-,36-33-,37-34-,42-40-,43-41-,44-35-,52-49-,54-50-,64-60-/t81-,82-,83-/m1/s1. The molecule has 606 valence electrons. The number of aliphatic hydroxyl groups is 1. The van der Waals surface area contributed by atoms with E-state index in [9.17, 15) is 43.2 Å². The third-order valence-corrected chi connectivity index (χ3v) is 18.7. The molecule has 0 bridgehead atoms. The normalized spacial score (nSPS) is 14.6. The summed E-state index contributed by atoms with van der Waals surface area (Å²) in [7, 11) is -10.0. The molecule has 17 nitrogen and oxygen atoms in total. The summed E-state index contributed by atoms with van der Waals surface area (Å²) in [6.45, 7) is 4.58. The first-order valence-corrected chi connectivity index (χ1v) is 44.1. The summed E-state index contributed by atoms with van der Waals surface area (Å²) in [5, 5.41) is 10.6. The molecular weight excluding hydrogens is 1380 g/mol. The van der Waals surface area contributed by atoms with Gasteiger partial charge in [0.15, 0.2) is 12.2 Å². The maximum absolute atomic E-state index is 13.1. The summed E-state index contributed by atoms with van der Waals surface area (Å²) in [5.41, 5.74) is 0. The summed E-state index contributed by atoms with van der Waals surface area (Å²) in [5.74, 6) is -2.33. The Labute approximate surface area is 643 Å². The van der Waals surface area contributed by atoms with Crippen LogP contribution in [-0.4, -0.2) is 96.7 Å². The van der Waals surface area contributed by atoms with E-state index in [1.165, 1.54) is 83.5 Å². The molecule has 0 amide bonds. The minimum Gasteiger partial charge on any atom is -0.462 e. The maximum atomic E-state index is 13.1. The molecule has 0 aliphatic carbocycles. The van der Waals surface area contributed by atoms with Gasteiger partial charge in [-0.3, -0.25) is 37.3 Å². The first-order chi connectivity index (χ1) is 51.7. The molecule has 0 aliphatic heterocycles. The molecule has 5 atom stereocenters. The molecule has 0 saturated carbocycles. The fourth-order valence-electron chi connectivity index (χ4n) is 10.5. The lowest BCUT2D eigenvalue weighted by atomic mass is 10.1. The Morgan fingerprint density at radius 1 is 0.274 bits per heavy atom. The first kappa shape index (κ1) is 101. The van der Waals surface area contributed by atoms with Crippen molar-refractivity contribution in [3.8, 4) is 0 Å². The van der Waals surface area contributed by atoms with Crippen LogP contribution in [-0.2, 0) is 65.4 Å². The summed E-state index contributed by atoms with van der Waals surface area (Å²) in [4.78, 5) is 73.0. The van der Waals surface area contributed by atoms with Gasteiger partial charge < -0.3 is 33.8 Å². The van der Waals surface area contributed by atoms with Gasteiger partial charge in [0.2, 0.25) is 0 Å². The van der Waals surface area contributed by atoms with Crippen molar-refractivity contribution in [2.75, 3.05) is 39.6 Å². The Bertz CT molecular complexity index is 2580. The zero-order chi connectivity index (χ0) is 77.4. The molecule has 0 saturated heterocycles. The van der Waals surface area contributed by atoms with Crippen LogP contribution >= 0.6 is 15.6 Å². The molecule has 0 fully saturated rings. The highest BCUT2D eigenvalue weighted by atomic mass is 31.2. The molecule has 0 aromatic heterocycles. The van der Waals surface area contributed by atoms with E-state index in [-0.39, 0.29) is 25.7 Å². The van der Waals surface area contributed by atoms with Crippen molar-refractivity contribution in [3.63, 3.8) is 0 Å². The zero-order valence-corrected chi connectivity index (χ0v) is 68.1. The van der Waals surface area contributed by atoms with Gasteiger partial charge in [0.05, 0.1) is 26.4 Å². The van der Waals surface area contributed by atoms with Crippen molar-refractivity contribution in [3.05, 3.63) is 146 Å². The number of allylic oxidation sites excluding steroid dienone is 24. The van der Waals surface area contributed by atoms with Gasteiger partial charge in [-0.05, 0) is 161 Å². The number of aliphatic hydroxyl groups excluding tert-OH is 1. The van der Waals surface area contributed by atoms with E-state index in [1.807, 2.05) is 12.2 Å². The Morgan fingerprint density at radius 2 is 0.509 bits per heavy atom. The van der Waals surface area contributed by atoms with Crippen molar-refractivity contribution in [1.82, 2.24) is 0 Å². The van der Waals surface area contributed by atoms with Gasteiger partial charge in [0, 0.05) is 25.7 Å². The lowest BCUT2D eigenvalue weighted by Crippen LogP contribution is -2.30. The molecule has 0 aliphatic rings. The molecule has 3 N–H and O–H groups in total. The van der Waals surface area contributed by atoms with E-state index in [1.54, 1.807) is 0 Å². The molecule has 0 radical (unpaired) electrons. The average molecular weight is 1530 g/mol. The quantitative estimate of drug-likeness (QED) is 0.0169. The Morgan fingerprint density at radius 3 is 0.858 bits per heavy atom. The number of hydrogen-bond donors (Lipinski definition) is 3. The summed E-state index contributed by atoms with van der Waals surface area (Å²) in [6, 6.07) is 0. The summed E-state index contributed by atoms with van der Waals surface area (Å²) < 4.78 is 68.5. The Kier molecular flexibility index (Phi) is 74.3. The van der Waals surface area contributed by atoms with Crippen molar-refractivity contribution in [2.24, 2.45) is 0 Å². The zero-order valence-electron chi connectivity index (χ0n) is 66.3. The van der Waals surface area contributed by atoms with Gasteiger partial charge in [0.25, 0.3) is 0 Å². The van der Waals surface area contributed by atoms with Crippen LogP contribution in [0, 0.1) is 0 Å². The third-order valence-electron chi connectivity index (χ3n) is 16.8. The highest BCUT2D eigenvalue weighted by molar-refractivity contribution is 7.47. The topological polar surface area (TPSA) is 237 Å². The molecular formula is C87H146O17P2. The van der Waals surface area contributed by atoms with E-state index in [4.69, 9.17) is 37.0 Å². The summed E-state index contributed by atoms with van der Waals surface area (Å²) in [6.07, 6.45) is 89.8. The van der Waals surface area contributed by atoms with Crippen molar-refractivity contribution in [1.29, 1.82) is 0 Å². The van der Waals surface area contributed by atoms with Crippen LogP contribution in [0.25, 0.3) is 0 Å². The van der Waals surface area contributed by atoms with Gasteiger partial charge in [0.1, 0.15) is 19.3 Å². The second kappa shape index (κ2) is 78.1. The lowest BCUT2D eigenvalue weighted by molar-refractivity contribution is -0.161. The van der Waals surface area contributed by atoms with Crippen molar-refractivity contribution >= 4 is 39.5 Å². The van der Waals surface area contributed by atoms with Gasteiger partial charge in [-0.25, -0.2) is 9.13 Å². The van der Waals surface area contributed by atoms with Crippen LogP contribution < -0.4 is 0 Å². The van der Waals surface area contributed by atoms with Crippen LogP contribution in [0.3, 0.4) is 0 Å². The predicted molar refractivity (Wildman–Crippen MR) is 436 cm³/mol. The number of unbranched alkanes of at least 4 members (excludes halogenated alkanes) is 26. The third kappa shape index (κ3) is 77.1. The number of ether oxygens (including phenoxy) is 4. The number of esters is 4. The van der Waals surface area contributed by atoms with E-state index in [0.29, 0.717) is 32.1 Å². The SMILES string of the molecule is CC/C=C\C/C=C\C/C=C\C/C=C\C/C=C\CCCCCC(=O)O[C@H](COC(=O)CCCCCCC/C=C\CCCCCCCC)COP(=O)(O)OC[C@H](O)COP(=O)(O)OC[C@@H](COC(=O)CC/C=C\C/C=C\C/C=C\C/C=C\C/C=C\CCCCC)OC(=O)CCCCCCC/C=C\CCCCCC. The van der Waals surface area contributed by atoms with Crippen LogP contribution in [0.15, 0.2) is 146 Å². The van der Waals surface area contributed by atoms with Crippen LogP contribution in [0.1, 0.15) is 323 Å². The minimum atomic E-state index is -5.00. The largest absolute Gasteiger partial charge is 0.472 e. The highest BCUT2D eigenvalue weighted by Crippen LogP contribution is 2.45. The fraction of sp³-hybridized carbons (Fsp3) is 0.678. The molecule has 0 spiro atoms. The predicted octanol–water partition coefficient (Wildman–Crippen LogP) is 24.2. The number of carbonyl (C=O) groups excluding carboxylic acids is 4. The lowest BCUT2D eigenvalue weighted by Gasteiger charge is -2.21. The fourth-order valence-corrected chi connectivity index (χ4v) is 12.1. The van der Waals surface area contributed by atoms with Crippen molar-refractivity contribution < 1.29 is 80.2 Å². The van der Waals surface area contributed by atoms with Gasteiger partial charge in [-0.2, -0.15) is 0 Å². The van der Waals surface area contributed by atoms with Crippen LogP contribution in [0.5, 0.6) is 0 Å². The van der Waals surface area contributed by atoms with Gasteiger partial charge in [-0.15, -0.1) is 0 Å². The van der Waals surface area contributed by atoms with E-state index < -0.39 is 97.5 Å². The van der Waals surface area contributed by atoms with Crippen LogP contribution in [0.2, 0.25) is 0 Å². The summed E-state index contributed by atoms with van der Waals surface area (Å²) >= 11 is 0. The Balaban J connectivity index is 5.47. The first-order valence-electron chi connectivity index (χ1n) is 41.1. The second-order valence-corrected chi connectivity index (χ2v) is 29.9. The second-order valence-electron chi connectivity index (χ2n) is 27.0. The average Bonchev–Trinajstić information content (AvgIpc) is 0.901. The molecule has 0 heterocycles. The van der Waals surface area contributed by atoms with E-state index >= 15 is 0 Å². The molecule has 19 heteroatoms. The molecule has 0 aromatic carbocycles. The highest BCUT2D eigenvalue weighted by Gasteiger charge is 2.30. The van der Waals surface area contributed by atoms with E-state index in [0.717, 1.165) is 154 Å². The molecule has 2 unspecified atom stereocenters. The Hall–Kier alpha value is -5.06. The number of phosphoric acid groups is 2. The van der Waals surface area contributed by atoms with Crippen molar-refractivity contribution in [2.45, 2.75) is 341 Å².